The fraction of sp³-hybridized carbons (Fsp3) is 0.533. The molecule has 0 aliphatic heterocycles. The third-order valence-corrected chi connectivity index (χ3v) is 3.17. The first-order valence-corrected chi connectivity index (χ1v) is 7.25. The Labute approximate surface area is 125 Å². The van der Waals surface area contributed by atoms with E-state index in [2.05, 4.69) is 29.4 Å². The highest BCUT2D eigenvalue weighted by atomic mass is 16.2. The van der Waals surface area contributed by atoms with Crippen LogP contribution in [0.4, 0.5) is 5.69 Å². The van der Waals surface area contributed by atoms with Crippen LogP contribution in [0.5, 0.6) is 0 Å². The highest BCUT2D eigenvalue weighted by molar-refractivity contribution is 6.03. The van der Waals surface area contributed by atoms with E-state index >= 15 is 0 Å². The first-order chi connectivity index (χ1) is 9.86. The molecule has 6 nitrogen and oxygen atoms in total. The average molecular weight is 289 g/mol. The molecule has 2 aromatic rings. The Hall–Kier alpha value is -2.11. The summed E-state index contributed by atoms with van der Waals surface area (Å²) >= 11 is 0. The summed E-state index contributed by atoms with van der Waals surface area (Å²) < 4.78 is 3.43. The Kier molecular flexibility index (Phi) is 4.45. The molecule has 0 unspecified atom stereocenters. The molecule has 21 heavy (non-hydrogen) atoms. The molecule has 2 aromatic heterocycles. The number of hydrogen-bond donors (Lipinski definition) is 1. The minimum Gasteiger partial charge on any atom is -0.318 e. The molecule has 6 heteroatoms. The summed E-state index contributed by atoms with van der Waals surface area (Å²) in [5.74, 6) is 0.350. The van der Waals surface area contributed by atoms with Gasteiger partial charge in [0.1, 0.15) is 5.69 Å². The molecule has 2 heterocycles. The van der Waals surface area contributed by atoms with Crippen molar-refractivity contribution in [3.8, 4) is 0 Å². The van der Waals surface area contributed by atoms with Gasteiger partial charge in [-0.3, -0.25) is 14.2 Å². The van der Waals surface area contributed by atoms with Crippen molar-refractivity contribution in [3.05, 3.63) is 29.8 Å². The van der Waals surface area contributed by atoms with Gasteiger partial charge in [-0.15, -0.1) is 0 Å². The molecule has 0 spiro atoms. The highest BCUT2D eigenvalue weighted by Crippen LogP contribution is 2.13. The molecule has 0 aliphatic rings. The van der Waals surface area contributed by atoms with Gasteiger partial charge in [0, 0.05) is 19.3 Å². The van der Waals surface area contributed by atoms with Crippen molar-refractivity contribution in [2.75, 3.05) is 5.32 Å². The number of amides is 1. The lowest BCUT2D eigenvalue weighted by Crippen LogP contribution is -2.15. The van der Waals surface area contributed by atoms with Crippen molar-refractivity contribution in [3.63, 3.8) is 0 Å². The van der Waals surface area contributed by atoms with Crippen molar-refractivity contribution in [2.24, 2.45) is 13.0 Å². The Morgan fingerprint density at radius 1 is 1.33 bits per heavy atom. The number of anilines is 1. The third-order valence-electron chi connectivity index (χ3n) is 3.17. The molecule has 0 bridgehead atoms. The van der Waals surface area contributed by atoms with Gasteiger partial charge in [0.2, 0.25) is 0 Å². The first kappa shape index (κ1) is 15.3. The summed E-state index contributed by atoms with van der Waals surface area (Å²) in [7, 11) is 1.79. The molecule has 0 saturated heterocycles. The largest absolute Gasteiger partial charge is 0.318 e. The molecule has 2 rings (SSSR count). The molecule has 1 amide bonds. The summed E-state index contributed by atoms with van der Waals surface area (Å²) in [5.41, 5.74) is 2.19. The standard InChI is InChI=1S/C15H23N5O/c1-10(2)6-12-7-14(19(5)18-12)15(21)17-13-8-16-20(9-13)11(3)4/h7-11H,6H2,1-5H3,(H,17,21). The van der Waals surface area contributed by atoms with Gasteiger partial charge in [0.05, 0.1) is 17.6 Å². The number of rotatable bonds is 5. The van der Waals surface area contributed by atoms with Crippen LogP contribution in [0, 0.1) is 5.92 Å². The zero-order valence-corrected chi connectivity index (χ0v) is 13.3. The predicted molar refractivity (Wildman–Crippen MR) is 82.3 cm³/mol. The molecule has 0 radical (unpaired) electrons. The van der Waals surface area contributed by atoms with Crippen LogP contribution in [0.25, 0.3) is 0 Å². The van der Waals surface area contributed by atoms with Crippen LogP contribution in [0.15, 0.2) is 18.5 Å². The van der Waals surface area contributed by atoms with Crippen LogP contribution in [0.3, 0.4) is 0 Å². The van der Waals surface area contributed by atoms with Crippen LogP contribution in [0.2, 0.25) is 0 Å². The fourth-order valence-corrected chi connectivity index (χ4v) is 2.14. The lowest BCUT2D eigenvalue weighted by molar-refractivity contribution is 0.101. The van der Waals surface area contributed by atoms with Gasteiger partial charge in [-0.05, 0) is 32.3 Å². The minimum atomic E-state index is -0.164. The van der Waals surface area contributed by atoms with Crippen LogP contribution in [-0.2, 0) is 13.5 Å². The van der Waals surface area contributed by atoms with Crippen molar-refractivity contribution < 1.29 is 4.79 Å². The Morgan fingerprint density at radius 2 is 2.05 bits per heavy atom. The van der Waals surface area contributed by atoms with E-state index in [1.54, 1.807) is 17.9 Å². The van der Waals surface area contributed by atoms with Crippen molar-refractivity contribution in [1.82, 2.24) is 19.6 Å². The number of hydrogen-bond acceptors (Lipinski definition) is 3. The summed E-state index contributed by atoms with van der Waals surface area (Å²) in [6.07, 6.45) is 4.35. The van der Waals surface area contributed by atoms with E-state index in [0.717, 1.165) is 12.1 Å². The lowest BCUT2D eigenvalue weighted by atomic mass is 10.1. The van der Waals surface area contributed by atoms with E-state index in [9.17, 15) is 4.79 Å². The quantitative estimate of drug-likeness (QED) is 0.920. The maximum atomic E-state index is 12.3. The van der Waals surface area contributed by atoms with Crippen molar-refractivity contribution in [1.29, 1.82) is 0 Å². The summed E-state index contributed by atoms with van der Waals surface area (Å²) in [5, 5.41) is 11.4. The zero-order chi connectivity index (χ0) is 15.6. The van der Waals surface area contributed by atoms with Gasteiger partial charge in [-0.1, -0.05) is 13.8 Å². The maximum Gasteiger partial charge on any atom is 0.274 e. The van der Waals surface area contributed by atoms with Crippen LogP contribution in [-0.4, -0.2) is 25.5 Å². The second kappa shape index (κ2) is 6.11. The van der Waals surface area contributed by atoms with Gasteiger partial charge in [-0.2, -0.15) is 10.2 Å². The second-order valence-corrected chi connectivity index (χ2v) is 6.00. The maximum absolute atomic E-state index is 12.3. The summed E-state index contributed by atoms with van der Waals surface area (Å²) in [6.45, 7) is 8.35. The Bertz CT molecular complexity index is 624. The third kappa shape index (κ3) is 3.71. The smallest absolute Gasteiger partial charge is 0.274 e. The number of carbonyl (C=O) groups excluding carboxylic acids is 1. The molecule has 0 saturated carbocycles. The van der Waals surface area contributed by atoms with E-state index in [1.807, 2.05) is 30.8 Å². The van der Waals surface area contributed by atoms with Crippen LogP contribution < -0.4 is 5.32 Å². The van der Waals surface area contributed by atoms with E-state index in [4.69, 9.17) is 0 Å². The number of nitrogens with one attached hydrogen (secondary N) is 1. The SMILES string of the molecule is CC(C)Cc1cc(C(=O)Nc2cnn(C(C)C)c2)n(C)n1. The van der Waals surface area contributed by atoms with Crippen LogP contribution in [0.1, 0.15) is 49.9 Å². The number of aromatic nitrogens is 4. The molecule has 0 atom stereocenters. The zero-order valence-electron chi connectivity index (χ0n) is 13.3. The van der Waals surface area contributed by atoms with Crippen molar-refractivity contribution >= 4 is 11.6 Å². The number of nitrogens with zero attached hydrogens (tertiary/aromatic N) is 4. The lowest BCUT2D eigenvalue weighted by Gasteiger charge is -2.04. The van der Waals surface area contributed by atoms with E-state index in [-0.39, 0.29) is 11.9 Å². The van der Waals surface area contributed by atoms with Gasteiger partial charge in [0.25, 0.3) is 5.91 Å². The van der Waals surface area contributed by atoms with Gasteiger partial charge >= 0.3 is 0 Å². The van der Waals surface area contributed by atoms with Crippen molar-refractivity contribution in [2.45, 2.75) is 40.2 Å². The van der Waals surface area contributed by atoms with Gasteiger partial charge in [0.15, 0.2) is 0 Å². The summed E-state index contributed by atoms with van der Waals surface area (Å²) in [6, 6.07) is 2.12. The molecular formula is C15H23N5O. The second-order valence-electron chi connectivity index (χ2n) is 6.00. The Morgan fingerprint density at radius 3 is 2.62 bits per heavy atom. The topological polar surface area (TPSA) is 64.7 Å². The van der Waals surface area contributed by atoms with E-state index < -0.39 is 0 Å². The van der Waals surface area contributed by atoms with E-state index in [1.165, 1.54) is 0 Å². The number of carbonyl (C=O) groups is 1. The molecule has 114 valence electrons. The predicted octanol–water partition coefficient (Wildman–Crippen LogP) is 2.65. The molecule has 1 N–H and O–H groups in total. The monoisotopic (exact) mass is 289 g/mol. The fourth-order valence-electron chi connectivity index (χ4n) is 2.14. The molecular weight excluding hydrogens is 266 g/mol. The Balaban J connectivity index is 2.10. The highest BCUT2D eigenvalue weighted by Gasteiger charge is 2.15. The summed E-state index contributed by atoms with van der Waals surface area (Å²) in [4.78, 5) is 12.3. The molecule has 0 aliphatic carbocycles. The average Bonchev–Trinajstić information content (AvgIpc) is 2.95. The normalized spacial score (nSPS) is 11.4. The van der Waals surface area contributed by atoms with Crippen LogP contribution >= 0.6 is 0 Å². The molecule has 0 fully saturated rings. The van der Waals surface area contributed by atoms with Gasteiger partial charge in [-0.25, -0.2) is 0 Å². The van der Waals surface area contributed by atoms with Gasteiger partial charge < -0.3 is 5.32 Å². The first-order valence-electron chi connectivity index (χ1n) is 7.25. The molecule has 0 aromatic carbocycles. The number of aryl methyl sites for hydroxylation is 1. The van der Waals surface area contributed by atoms with E-state index in [0.29, 0.717) is 17.3 Å². The minimum absolute atomic E-state index is 0.164.